The minimum atomic E-state index is -0.629. The van der Waals surface area contributed by atoms with Crippen LogP contribution in [0.1, 0.15) is 11.1 Å². The maximum absolute atomic E-state index is 13.2. The molecule has 2 rings (SSSR count). The molecule has 0 fully saturated rings. The summed E-state index contributed by atoms with van der Waals surface area (Å²) in [7, 11) is 1.65. The van der Waals surface area contributed by atoms with Crippen LogP contribution in [0, 0.1) is 5.82 Å². The topological polar surface area (TPSA) is 41.5 Å². The molecule has 0 bridgehead atoms. The van der Waals surface area contributed by atoms with Gasteiger partial charge in [0.2, 0.25) is 0 Å². The minimum Gasteiger partial charge on any atom is -0.505 e. The Morgan fingerprint density at radius 3 is 2.58 bits per heavy atom. The molecule has 2 N–H and O–H groups in total. The van der Waals surface area contributed by atoms with E-state index in [1.807, 2.05) is 24.3 Å². The van der Waals surface area contributed by atoms with Gasteiger partial charge in [0.25, 0.3) is 0 Å². The van der Waals surface area contributed by atoms with E-state index in [4.69, 9.17) is 9.84 Å². The van der Waals surface area contributed by atoms with Crippen LogP contribution in [0.2, 0.25) is 0 Å². The average Bonchev–Trinajstić information content (AvgIpc) is 2.42. The Hall–Kier alpha value is -2.07. The Morgan fingerprint density at radius 1 is 1.16 bits per heavy atom. The third-order valence-corrected chi connectivity index (χ3v) is 2.85. The molecule has 0 amide bonds. The third-order valence-electron chi connectivity index (χ3n) is 2.85. The van der Waals surface area contributed by atoms with Gasteiger partial charge >= 0.3 is 0 Å². The van der Waals surface area contributed by atoms with E-state index in [1.165, 1.54) is 12.1 Å². The highest BCUT2D eigenvalue weighted by Gasteiger charge is 2.04. The SMILES string of the molecule is COCc1ccccc1CNc1ccc(O)c(F)c1. The molecule has 0 unspecified atom stereocenters. The molecule has 0 aliphatic heterocycles. The van der Waals surface area contributed by atoms with Gasteiger partial charge < -0.3 is 15.2 Å². The Morgan fingerprint density at radius 2 is 1.89 bits per heavy atom. The monoisotopic (exact) mass is 261 g/mol. The molecule has 0 atom stereocenters. The summed E-state index contributed by atoms with van der Waals surface area (Å²) in [5.41, 5.74) is 2.82. The summed E-state index contributed by atoms with van der Waals surface area (Å²) in [6, 6.07) is 12.1. The maximum Gasteiger partial charge on any atom is 0.166 e. The summed E-state index contributed by atoms with van der Waals surface area (Å²) >= 11 is 0. The van der Waals surface area contributed by atoms with Gasteiger partial charge in [-0.15, -0.1) is 0 Å². The lowest BCUT2D eigenvalue weighted by atomic mass is 10.1. The standard InChI is InChI=1S/C15H16FNO2/c1-19-10-12-5-3-2-4-11(12)9-17-13-6-7-15(18)14(16)8-13/h2-8,17-18H,9-10H2,1H3. The van der Waals surface area contributed by atoms with Gasteiger partial charge in [-0.1, -0.05) is 24.3 Å². The van der Waals surface area contributed by atoms with Crippen LogP contribution in [-0.2, 0) is 17.9 Å². The second-order valence-electron chi connectivity index (χ2n) is 4.22. The average molecular weight is 261 g/mol. The minimum absolute atomic E-state index is 0.342. The van der Waals surface area contributed by atoms with Gasteiger partial charge in [-0.2, -0.15) is 0 Å². The number of aromatic hydroxyl groups is 1. The molecular weight excluding hydrogens is 245 g/mol. The number of hydrogen-bond donors (Lipinski definition) is 2. The summed E-state index contributed by atoms with van der Waals surface area (Å²) in [4.78, 5) is 0. The lowest BCUT2D eigenvalue weighted by molar-refractivity contribution is 0.184. The van der Waals surface area contributed by atoms with E-state index in [1.54, 1.807) is 13.2 Å². The third kappa shape index (κ3) is 3.45. The molecule has 3 nitrogen and oxygen atoms in total. The highest BCUT2D eigenvalue weighted by molar-refractivity contribution is 5.47. The van der Waals surface area contributed by atoms with Crippen molar-refractivity contribution in [2.75, 3.05) is 12.4 Å². The molecule has 0 spiro atoms. The van der Waals surface area contributed by atoms with E-state index in [2.05, 4.69) is 5.32 Å². The van der Waals surface area contributed by atoms with Gasteiger partial charge in [0.1, 0.15) is 0 Å². The highest BCUT2D eigenvalue weighted by Crippen LogP contribution is 2.20. The number of nitrogens with one attached hydrogen (secondary N) is 1. The van der Waals surface area contributed by atoms with Crippen molar-refractivity contribution >= 4 is 5.69 Å². The first-order chi connectivity index (χ1) is 9.20. The Labute approximate surface area is 111 Å². The van der Waals surface area contributed by atoms with E-state index in [-0.39, 0.29) is 5.75 Å². The number of ether oxygens (including phenoxy) is 1. The molecule has 2 aromatic rings. The second-order valence-corrected chi connectivity index (χ2v) is 4.22. The van der Waals surface area contributed by atoms with E-state index in [0.717, 1.165) is 11.1 Å². The molecule has 0 radical (unpaired) electrons. The van der Waals surface area contributed by atoms with Crippen molar-refractivity contribution in [2.24, 2.45) is 0 Å². The molecule has 0 saturated carbocycles. The van der Waals surface area contributed by atoms with Crippen molar-refractivity contribution in [3.05, 3.63) is 59.4 Å². The van der Waals surface area contributed by atoms with Gasteiger partial charge in [-0.05, 0) is 23.3 Å². The summed E-state index contributed by atoms with van der Waals surface area (Å²) < 4.78 is 18.3. The van der Waals surface area contributed by atoms with Crippen LogP contribution in [0.15, 0.2) is 42.5 Å². The van der Waals surface area contributed by atoms with Crippen molar-refractivity contribution < 1.29 is 14.2 Å². The maximum atomic E-state index is 13.2. The van der Waals surface area contributed by atoms with Crippen LogP contribution in [0.5, 0.6) is 5.75 Å². The quantitative estimate of drug-likeness (QED) is 0.811. The second kappa shape index (κ2) is 6.20. The van der Waals surface area contributed by atoms with E-state index in [0.29, 0.717) is 18.8 Å². The van der Waals surface area contributed by atoms with Gasteiger partial charge in [-0.25, -0.2) is 4.39 Å². The number of rotatable bonds is 5. The van der Waals surface area contributed by atoms with Crippen molar-refractivity contribution in [2.45, 2.75) is 13.2 Å². The van der Waals surface area contributed by atoms with Gasteiger partial charge in [0, 0.05) is 25.4 Å². The zero-order chi connectivity index (χ0) is 13.7. The number of phenols is 1. The van der Waals surface area contributed by atoms with E-state index < -0.39 is 5.82 Å². The van der Waals surface area contributed by atoms with Gasteiger partial charge in [0.15, 0.2) is 11.6 Å². The van der Waals surface area contributed by atoms with Crippen LogP contribution in [0.3, 0.4) is 0 Å². The molecule has 0 saturated heterocycles. The zero-order valence-electron chi connectivity index (χ0n) is 10.7. The largest absolute Gasteiger partial charge is 0.505 e. The molecule has 100 valence electrons. The smallest absolute Gasteiger partial charge is 0.166 e. The Kier molecular flexibility index (Phi) is 4.36. The molecule has 2 aromatic carbocycles. The fourth-order valence-corrected chi connectivity index (χ4v) is 1.84. The summed E-state index contributed by atoms with van der Waals surface area (Å²) in [6.45, 7) is 1.12. The number of anilines is 1. The number of methoxy groups -OCH3 is 1. The number of halogens is 1. The fraction of sp³-hybridized carbons (Fsp3) is 0.200. The number of hydrogen-bond acceptors (Lipinski definition) is 3. The van der Waals surface area contributed by atoms with Gasteiger partial charge in [-0.3, -0.25) is 0 Å². The predicted octanol–water partition coefficient (Wildman–Crippen LogP) is 3.29. The molecule has 0 heterocycles. The first-order valence-electron chi connectivity index (χ1n) is 5.99. The number of phenolic OH excluding ortho intramolecular Hbond substituents is 1. The van der Waals surface area contributed by atoms with E-state index in [9.17, 15) is 4.39 Å². The van der Waals surface area contributed by atoms with Crippen molar-refractivity contribution in [1.29, 1.82) is 0 Å². The van der Waals surface area contributed by atoms with Crippen LogP contribution in [-0.4, -0.2) is 12.2 Å². The summed E-state index contributed by atoms with van der Waals surface area (Å²) in [6.07, 6.45) is 0. The normalized spacial score (nSPS) is 10.4. The molecule has 0 aromatic heterocycles. The van der Waals surface area contributed by atoms with Crippen LogP contribution >= 0.6 is 0 Å². The fourth-order valence-electron chi connectivity index (χ4n) is 1.84. The summed E-state index contributed by atoms with van der Waals surface area (Å²) in [5, 5.41) is 12.2. The first kappa shape index (κ1) is 13.4. The first-order valence-corrected chi connectivity index (χ1v) is 5.99. The molecule has 0 aliphatic carbocycles. The van der Waals surface area contributed by atoms with Crippen molar-refractivity contribution in [3.63, 3.8) is 0 Å². The predicted molar refractivity (Wildman–Crippen MR) is 72.5 cm³/mol. The van der Waals surface area contributed by atoms with Crippen LogP contribution in [0.4, 0.5) is 10.1 Å². The van der Waals surface area contributed by atoms with Gasteiger partial charge in [0.05, 0.1) is 6.61 Å². The van der Waals surface area contributed by atoms with Crippen LogP contribution in [0.25, 0.3) is 0 Å². The van der Waals surface area contributed by atoms with Crippen LogP contribution < -0.4 is 5.32 Å². The lowest BCUT2D eigenvalue weighted by Gasteiger charge is -2.11. The lowest BCUT2D eigenvalue weighted by Crippen LogP contribution is -2.03. The Balaban J connectivity index is 2.07. The molecule has 19 heavy (non-hydrogen) atoms. The Bertz CT molecular complexity index is 558. The molecule has 0 aliphatic rings. The van der Waals surface area contributed by atoms with E-state index >= 15 is 0 Å². The zero-order valence-corrected chi connectivity index (χ0v) is 10.7. The molecular formula is C15H16FNO2. The van der Waals surface area contributed by atoms with Crippen molar-refractivity contribution in [3.8, 4) is 5.75 Å². The van der Waals surface area contributed by atoms with Crippen molar-refractivity contribution in [1.82, 2.24) is 0 Å². The molecule has 4 heteroatoms. The summed E-state index contributed by atoms with van der Waals surface area (Å²) in [5.74, 6) is -0.972. The number of benzene rings is 2. The highest BCUT2D eigenvalue weighted by atomic mass is 19.1.